The van der Waals surface area contributed by atoms with Gasteiger partial charge in [-0.1, -0.05) is 6.07 Å². The zero-order valence-electron chi connectivity index (χ0n) is 14.7. The van der Waals surface area contributed by atoms with E-state index in [0.29, 0.717) is 0 Å². The Kier molecular flexibility index (Phi) is 4.94. The Balaban J connectivity index is 2.13. The summed E-state index contributed by atoms with van der Waals surface area (Å²) in [5.41, 5.74) is -0.518. The summed E-state index contributed by atoms with van der Waals surface area (Å²) < 4.78 is 56.8. The zero-order valence-corrected chi connectivity index (χ0v) is 15.5. The average Bonchev–Trinajstić information content (AvgIpc) is 2.93. The first-order valence-corrected chi connectivity index (χ1v) is 10.0. The van der Waals surface area contributed by atoms with Crippen LogP contribution in [0.1, 0.15) is 24.9 Å². The summed E-state index contributed by atoms with van der Waals surface area (Å²) in [5, 5.41) is 2.42. The van der Waals surface area contributed by atoms with Gasteiger partial charge in [-0.25, -0.2) is 26.8 Å². The van der Waals surface area contributed by atoms with Crippen molar-refractivity contribution >= 4 is 21.8 Å². The predicted molar refractivity (Wildman–Crippen MR) is 91.2 cm³/mol. The van der Waals surface area contributed by atoms with Gasteiger partial charge in [0.2, 0.25) is 0 Å². The Labute approximate surface area is 154 Å². The molecule has 1 aromatic rings. The molecule has 1 aromatic carbocycles. The first-order chi connectivity index (χ1) is 12.7. The molecule has 2 aliphatic heterocycles. The predicted octanol–water partition coefficient (Wildman–Crippen LogP) is 1.67. The van der Waals surface area contributed by atoms with Crippen LogP contribution in [-0.4, -0.2) is 50.0 Å². The van der Waals surface area contributed by atoms with Crippen molar-refractivity contribution in [2.45, 2.75) is 25.4 Å². The molecular formula is C17H18F2N2O5S. The number of hydrogen-bond donors (Lipinski definition) is 1. The maximum atomic E-state index is 14.3. The first-order valence-electron chi connectivity index (χ1n) is 8.19. The van der Waals surface area contributed by atoms with Crippen molar-refractivity contribution in [1.82, 2.24) is 10.2 Å². The van der Waals surface area contributed by atoms with Crippen molar-refractivity contribution in [2.24, 2.45) is 0 Å². The van der Waals surface area contributed by atoms with Crippen molar-refractivity contribution in [3.63, 3.8) is 0 Å². The van der Waals surface area contributed by atoms with Gasteiger partial charge in [-0.3, -0.25) is 4.90 Å². The molecule has 1 saturated heterocycles. The van der Waals surface area contributed by atoms with Crippen LogP contribution < -0.4 is 5.32 Å². The highest BCUT2D eigenvalue weighted by Gasteiger charge is 2.43. The molecule has 10 heteroatoms. The molecule has 0 aliphatic carbocycles. The summed E-state index contributed by atoms with van der Waals surface area (Å²) in [6.45, 7) is 1.43. The molecule has 2 atom stereocenters. The number of esters is 1. The zero-order chi connectivity index (χ0) is 19.9. The molecule has 2 amide bonds. The third kappa shape index (κ3) is 3.41. The summed E-state index contributed by atoms with van der Waals surface area (Å²) in [6, 6.07) is 0.426. The van der Waals surface area contributed by atoms with E-state index in [-0.39, 0.29) is 29.2 Å². The van der Waals surface area contributed by atoms with Crippen LogP contribution >= 0.6 is 0 Å². The molecule has 7 nitrogen and oxygen atoms in total. The second kappa shape index (κ2) is 6.91. The molecule has 27 heavy (non-hydrogen) atoms. The number of carbonyl (C=O) groups is 2. The minimum absolute atomic E-state index is 0.0757. The fraction of sp³-hybridized carbons (Fsp3) is 0.412. The standard InChI is InChI=1S/C17H18F2N2O5S/c1-9-13(16(22)26-2)15(14-11(18)4-3-5-12(14)19)20-17(23)21(9)10-6-7-27(24,25)8-10/h3-5,10,15H,6-8H2,1-2H3,(H,20,23)/t10-,15+/m0/s1. The lowest BCUT2D eigenvalue weighted by Crippen LogP contribution is -2.52. The number of carbonyl (C=O) groups excluding carboxylic acids is 2. The van der Waals surface area contributed by atoms with Crippen molar-refractivity contribution in [3.05, 3.63) is 46.7 Å². The van der Waals surface area contributed by atoms with E-state index in [9.17, 15) is 26.8 Å². The molecule has 2 heterocycles. The molecule has 1 fully saturated rings. The number of ether oxygens (including phenoxy) is 1. The smallest absolute Gasteiger partial charge is 0.337 e. The van der Waals surface area contributed by atoms with Gasteiger partial charge in [0.1, 0.15) is 11.6 Å². The van der Waals surface area contributed by atoms with Gasteiger partial charge in [0.15, 0.2) is 9.84 Å². The van der Waals surface area contributed by atoms with Crippen molar-refractivity contribution in [2.75, 3.05) is 18.6 Å². The number of allylic oxidation sites excluding steroid dienone is 1. The number of methoxy groups -OCH3 is 1. The molecule has 0 unspecified atom stereocenters. The van der Waals surface area contributed by atoms with Crippen LogP contribution in [0.25, 0.3) is 0 Å². The van der Waals surface area contributed by atoms with Crippen LogP contribution in [0, 0.1) is 11.6 Å². The molecule has 3 rings (SSSR count). The minimum Gasteiger partial charge on any atom is -0.466 e. The van der Waals surface area contributed by atoms with Crippen molar-refractivity contribution in [3.8, 4) is 0 Å². The number of hydrogen-bond acceptors (Lipinski definition) is 5. The molecule has 0 radical (unpaired) electrons. The van der Waals surface area contributed by atoms with E-state index in [4.69, 9.17) is 4.74 Å². The molecule has 0 bridgehead atoms. The van der Waals surface area contributed by atoms with Crippen LogP contribution in [0.5, 0.6) is 0 Å². The Hall–Kier alpha value is -2.49. The summed E-state index contributed by atoms with van der Waals surface area (Å²) in [4.78, 5) is 26.2. The number of sulfone groups is 1. The van der Waals surface area contributed by atoms with Gasteiger partial charge < -0.3 is 10.1 Å². The second-order valence-electron chi connectivity index (χ2n) is 6.44. The van der Waals surface area contributed by atoms with E-state index in [0.717, 1.165) is 24.1 Å². The summed E-state index contributed by atoms with van der Waals surface area (Å²) in [7, 11) is -2.19. The Morgan fingerprint density at radius 3 is 2.44 bits per heavy atom. The van der Waals surface area contributed by atoms with Crippen LogP contribution in [0.4, 0.5) is 13.6 Å². The van der Waals surface area contributed by atoms with Gasteiger partial charge in [-0.05, 0) is 25.5 Å². The lowest BCUT2D eigenvalue weighted by Gasteiger charge is -2.38. The monoisotopic (exact) mass is 400 g/mol. The third-order valence-corrected chi connectivity index (χ3v) is 6.54. The van der Waals surface area contributed by atoms with E-state index < -0.39 is 51.1 Å². The lowest BCUT2D eigenvalue weighted by molar-refractivity contribution is -0.136. The maximum absolute atomic E-state index is 14.3. The molecule has 146 valence electrons. The van der Waals surface area contributed by atoms with Gasteiger partial charge in [0.05, 0.1) is 41.8 Å². The van der Waals surface area contributed by atoms with E-state index in [2.05, 4.69) is 5.32 Å². The fourth-order valence-corrected chi connectivity index (χ4v) is 5.25. The number of benzene rings is 1. The van der Waals surface area contributed by atoms with Crippen molar-refractivity contribution in [1.29, 1.82) is 0 Å². The highest BCUT2D eigenvalue weighted by molar-refractivity contribution is 7.91. The average molecular weight is 400 g/mol. The van der Waals surface area contributed by atoms with Gasteiger partial charge in [0.25, 0.3) is 0 Å². The fourth-order valence-electron chi connectivity index (χ4n) is 3.55. The molecule has 2 aliphatic rings. The van der Waals surface area contributed by atoms with E-state index in [1.807, 2.05) is 0 Å². The summed E-state index contributed by atoms with van der Waals surface area (Å²) >= 11 is 0. The highest BCUT2D eigenvalue weighted by Crippen LogP contribution is 2.36. The molecule has 1 N–H and O–H groups in total. The first kappa shape index (κ1) is 19.3. The second-order valence-corrected chi connectivity index (χ2v) is 8.66. The topological polar surface area (TPSA) is 92.8 Å². The van der Waals surface area contributed by atoms with Gasteiger partial charge in [-0.2, -0.15) is 0 Å². The Morgan fingerprint density at radius 1 is 1.30 bits per heavy atom. The maximum Gasteiger partial charge on any atom is 0.337 e. The SMILES string of the molecule is COC(=O)C1=C(C)N([C@H]2CCS(=O)(=O)C2)C(=O)N[C@H]1c1c(F)cccc1F. The number of rotatable bonds is 3. The largest absolute Gasteiger partial charge is 0.466 e. The van der Waals surface area contributed by atoms with Crippen LogP contribution in [0.3, 0.4) is 0 Å². The van der Waals surface area contributed by atoms with Crippen LogP contribution in [-0.2, 0) is 19.4 Å². The molecular weight excluding hydrogens is 382 g/mol. The number of urea groups is 1. The van der Waals surface area contributed by atoms with E-state index >= 15 is 0 Å². The van der Waals surface area contributed by atoms with E-state index in [1.165, 1.54) is 13.0 Å². The molecule has 0 saturated carbocycles. The molecule has 0 aromatic heterocycles. The number of nitrogens with zero attached hydrogens (tertiary/aromatic N) is 1. The third-order valence-electron chi connectivity index (χ3n) is 4.79. The molecule has 0 spiro atoms. The quantitative estimate of drug-likeness (QED) is 0.779. The Bertz CT molecular complexity index is 924. The highest BCUT2D eigenvalue weighted by atomic mass is 32.2. The lowest BCUT2D eigenvalue weighted by atomic mass is 9.93. The van der Waals surface area contributed by atoms with Gasteiger partial charge >= 0.3 is 12.0 Å². The van der Waals surface area contributed by atoms with E-state index in [1.54, 1.807) is 0 Å². The number of halogens is 2. The van der Waals surface area contributed by atoms with Crippen molar-refractivity contribution < 1.29 is 31.5 Å². The van der Waals surface area contributed by atoms with Crippen LogP contribution in [0.15, 0.2) is 29.5 Å². The van der Waals surface area contributed by atoms with Gasteiger partial charge in [0, 0.05) is 5.70 Å². The van der Waals surface area contributed by atoms with Crippen LogP contribution in [0.2, 0.25) is 0 Å². The summed E-state index contributed by atoms with van der Waals surface area (Å²) in [5.74, 6) is -3.04. The van der Waals surface area contributed by atoms with Gasteiger partial charge in [-0.15, -0.1) is 0 Å². The number of amides is 2. The normalized spacial score (nSPS) is 24.7. The summed E-state index contributed by atoms with van der Waals surface area (Å²) in [6.07, 6.45) is 0.209. The number of nitrogens with one attached hydrogen (secondary N) is 1. The minimum atomic E-state index is -3.29. The Morgan fingerprint density at radius 2 is 1.93 bits per heavy atom.